The standard InChI is InChI=1S/C28H36N2O5/c1-5-7-18-35-22-13-11-20(12-14-22)25-24(27(32)28(33)30(25)16-15-29(3)4)26(31)21-9-8-10-23(19-21)34-17-6-2/h8-14,19,25,31H,5-7,15-18H2,1-4H3/b26-24+. The van der Waals surface area contributed by atoms with Crippen LogP contribution < -0.4 is 9.47 Å². The molecule has 188 valence electrons. The lowest BCUT2D eigenvalue weighted by atomic mass is 9.95. The minimum absolute atomic E-state index is 0.0843. The van der Waals surface area contributed by atoms with Crippen LogP contribution in [0, 0.1) is 0 Å². The molecule has 1 amide bonds. The SMILES string of the molecule is CCCCOc1ccc(C2/C(=C(\O)c3cccc(OCCC)c3)C(=O)C(=O)N2CCN(C)C)cc1. The molecular weight excluding hydrogens is 444 g/mol. The number of ketones is 1. The normalized spacial score (nSPS) is 17.3. The van der Waals surface area contributed by atoms with E-state index < -0.39 is 17.7 Å². The minimum Gasteiger partial charge on any atom is -0.507 e. The number of likely N-dealkylation sites (N-methyl/N-ethyl adjacent to an activating group) is 1. The van der Waals surface area contributed by atoms with Crippen molar-refractivity contribution in [2.24, 2.45) is 0 Å². The Morgan fingerprint density at radius 3 is 2.34 bits per heavy atom. The number of carbonyl (C=O) groups excluding carboxylic acids is 2. The molecule has 1 aliphatic rings. The zero-order chi connectivity index (χ0) is 25.4. The van der Waals surface area contributed by atoms with Crippen LogP contribution in [0.5, 0.6) is 11.5 Å². The van der Waals surface area contributed by atoms with E-state index in [1.54, 1.807) is 24.3 Å². The van der Waals surface area contributed by atoms with Crippen LogP contribution in [0.4, 0.5) is 0 Å². The molecule has 1 aliphatic heterocycles. The van der Waals surface area contributed by atoms with Gasteiger partial charge in [-0.05, 0) is 56.8 Å². The van der Waals surface area contributed by atoms with Crippen molar-refractivity contribution in [1.82, 2.24) is 9.80 Å². The van der Waals surface area contributed by atoms with Gasteiger partial charge < -0.3 is 24.4 Å². The Morgan fingerprint density at radius 2 is 1.69 bits per heavy atom. The van der Waals surface area contributed by atoms with E-state index in [1.807, 2.05) is 50.2 Å². The van der Waals surface area contributed by atoms with Gasteiger partial charge in [0.2, 0.25) is 0 Å². The van der Waals surface area contributed by atoms with E-state index in [9.17, 15) is 14.7 Å². The second-order valence-electron chi connectivity index (χ2n) is 8.94. The molecule has 3 rings (SSSR count). The van der Waals surface area contributed by atoms with Gasteiger partial charge in [0.1, 0.15) is 17.3 Å². The fourth-order valence-electron chi connectivity index (χ4n) is 3.95. The van der Waals surface area contributed by atoms with Crippen molar-refractivity contribution in [3.05, 3.63) is 65.2 Å². The molecule has 0 aromatic heterocycles. The van der Waals surface area contributed by atoms with Crippen LogP contribution in [-0.4, -0.2) is 67.0 Å². The zero-order valence-corrected chi connectivity index (χ0v) is 21.1. The summed E-state index contributed by atoms with van der Waals surface area (Å²) in [5.74, 6) is -0.170. The van der Waals surface area contributed by atoms with Crippen molar-refractivity contribution in [3.8, 4) is 11.5 Å². The maximum Gasteiger partial charge on any atom is 0.295 e. The summed E-state index contributed by atoms with van der Waals surface area (Å²) in [6, 6.07) is 13.7. The van der Waals surface area contributed by atoms with Crippen molar-refractivity contribution >= 4 is 17.4 Å². The van der Waals surface area contributed by atoms with E-state index in [4.69, 9.17) is 9.47 Å². The van der Waals surface area contributed by atoms with Crippen molar-refractivity contribution in [2.45, 2.75) is 39.2 Å². The highest BCUT2D eigenvalue weighted by Crippen LogP contribution is 2.40. The van der Waals surface area contributed by atoms with Crippen LogP contribution >= 0.6 is 0 Å². The van der Waals surface area contributed by atoms with Gasteiger partial charge in [-0.2, -0.15) is 0 Å². The zero-order valence-electron chi connectivity index (χ0n) is 21.1. The quantitative estimate of drug-likeness (QED) is 0.206. The summed E-state index contributed by atoms with van der Waals surface area (Å²) < 4.78 is 11.5. The second kappa shape index (κ2) is 12.4. The Balaban J connectivity index is 2.02. The van der Waals surface area contributed by atoms with E-state index in [-0.39, 0.29) is 11.3 Å². The van der Waals surface area contributed by atoms with E-state index >= 15 is 0 Å². The third-order valence-electron chi connectivity index (χ3n) is 5.87. The molecule has 0 aliphatic carbocycles. The van der Waals surface area contributed by atoms with E-state index in [2.05, 4.69) is 6.92 Å². The Bertz CT molecular complexity index is 1050. The van der Waals surface area contributed by atoms with E-state index in [1.165, 1.54) is 4.90 Å². The fourth-order valence-corrected chi connectivity index (χ4v) is 3.95. The summed E-state index contributed by atoms with van der Waals surface area (Å²) in [5, 5.41) is 11.3. The van der Waals surface area contributed by atoms with Gasteiger partial charge in [-0.25, -0.2) is 0 Å². The first-order chi connectivity index (χ1) is 16.9. The summed E-state index contributed by atoms with van der Waals surface area (Å²) in [4.78, 5) is 29.7. The van der Waals surface area contributed by atoms with Crippen LogP contribution in [0.2, 0.25) is 0 Å². The van der Waals surface area contributed by atoms with E-state index in [0.717, 1.165) is 30.6 Å². The molecule has 0 saturated carbocycles. The molecule has 1 unspecified atom stereocenters. The molecule has 35 heavy (non-hydrogen) atoms. The number of likely N-dealkylation sites (tertiary alicyclic amines) is 1. The number of carbonyl (C=O) groups is 2. The predicted octanol–water partition coefficient (Wildman–Crippen LogP) is 4.64. The lowest BCUT2D eigenvalue weighted by Crippen LogP contribution is -2.35. The van der Waals surface area contributed by atoms with Crippen molar-refractivity contribution < 1.29 is 24.2 Å². The Labute approximate surface area is 207 Å². The highest BCUT2D eigenvalue weighted by molar-refractivity contribution is 6.46. The monoisotopic (exact) mass is 480 g/mol. The van der Waals surface area contributed by atoms with Crippen LogP contribution in [0.15, 0.2) is 54.1 Å². The number of unbranched alkanes of at least 4 members (excludes halogenated alkanes) is 1. The Kier molecular flexibility index (Phi) is 9.32. The maximum atomic E-state index is 13.2. The lowest BCUT2D eigenvalue weighted by Gasteiger charge is -2.26. The molecule has 0 spiro atoms. The largest absolute Gasteiger partial charge is 0.507 e. The smallest absolute Gasteiger partial charge is 0.295 e. The molecule has 0 bridgehead atoms. The van der Waals surface area contributed by atoms with Crippen LogP contribution in [0.25, 0.3) is 5.76 Å². The summed E-state index contributed by atoms with van der Waals surface area (Å²) in [5.41, 5.74) is 1.26. The van der Waals surface area contributed by atoms with Crippen molar-refractivity contribution in [3.63, 3.8) is 0 Å². The number of nitrogens with zero attached hydrogens (tertiary/aromatic N) is 2. The molecule has 1 fully saturated rings. The number of hydrogen-bond acceptors (Lipinski definition) is 6. The van der Waals surface area contributed by atoms with Gasteiger partial charge in [0.25, 0.3) is 11.7 Å². The predicted molar refractivity (Wildman–Crippen MR) is 137 cm³/mol. The van der Waals surface area contributed by atoms with Crippen LogP contribution in [0.1, 0.15) is 50.3 Å². The van der Waals surface area contributed by atoms with Gasteiger partial charge in [-0.3, -0.25) is 9.59 Å². The Hall–Kier alpha value is -3.32. The molecule has 7 nitrogen and oxygen atoms in total. The number of hydrogen-bond donors (Lipinski definition) is 1. The number of rotatable bonds is 12. The van der Waals surface area contributed by atoms with Gasteiger partial charge in [0.15, 0.2) is 0 Å². The number of aliphatic hydroxyl groups excluding tert-OH is 1. The van der Waals surface area contributed by atoms with Crippen molar-refractivity contribution in [2.75, 3.05) is 40.4 Å². The van der Waals surface area contributed by atoms with Gasteiger partial charge in [-0.15, -0.1) is 0 Å². The first-order valence-corrected chi connectivity index (χ1v) is 12.3. The maximum absolute atomic E-state index is 13.2. The average molecular weight is 481 g/mol. The van der Waals surface area contributed by atoms with E-state index in [0.29, 0.717) is 37.6 Å². The molecule has 0 radical (unpaired) electrons. The summed E-state index contributed by atoms with van der Waals surface area (Å²) in [6.45, 7) is 6.24. The highest BCUT2D eigenvalue weighted by atomic mass is 16.5. The number of Topliss-reactive ketones (excluding diaryl/α,β-unsaturated/α-hetero) is 1. The minimum atomic E-state index is -0.695. The van der Waals surface area contributed by atoms with Gasteiger partial charge >= 0.3 is 0 Å². The van der Waals surface area contributed by atoms with Crippen molar-refractivity contribution in [1.29, 1.82) is 0 Å². The van der Waals surface area contributed by atoms with Gasteiger partial charge in [-0.1, -0.05) is 44.5 Å². The molecular formula is C28H36N2O5. The molecule has 7 heteroatoms. The number of ether oxygens (including phenoxy) is 2. The fraction of sp³-hybridized carbons (Fsp3) is 0.429. The summed E-state index contributed by atoms with van der Waals surface area (Å²) >= 11 is 0. The van der Waals surface area contributed by atoms with Crippen LogP contribution in [0.3, 0.4) is 0 Å². The molecule has 1 heterocycles. The topological polar surface area (TPSA) is 79.3 Å². The summed E-state index contributed by atoms with van der Waals surface area (Å²) in [6.07, 6.45) is 2.86. The third kappa shape index (κ3) is 6.42. The molecule has 1 N–H and O–H groups in total. The molecule has 2 aromatic rings. The molecule has 2 aromatic carbocycles. The van der Waals surface area contributed by atoms with Gasteiger partial charge in [0.05, 0.1) is 24.8 Å². The molecule has 1 atom stereocenters. The highest BCUT2D eigenvalue weighted by Gasteiger charge is 2.45. The number of benzene rings is 2. The first-order valence-electron chi connectivity index (χ1n) is 12.3. The third-order valence-corrected chi connectivity index (χ3v) is 5.87. The lowest BCUT2D eigenvalue weighted by molar-refractivity contribution is -0.140. The average Bonchev–Trinajstić information content (AvgIpc) is 3.11. The number of amides is 1. The first kappa shape index (κ1) is 26.3. The van der Waals surface area contributed by atoms with Crippen LogP contribution in [-0.2, 0) is 9.59 Å². The van der Waals surface area contributed by atoms with Gasteiger partial charge in [0, 0.05) is 18.7 Å². The summed E-state index contributed by atoms with van der Waals surface area (Å²) in [7, 11) is 3.83. The Morgan fingerprint density at radius 1 is 0.971 bits per heavy atom. The number of aliphatic hydroxyl groups is 1. The molecule has 1 saturated heterocycles. The second-order valence-corrected chi connectivity index (χ2v) is 8.94.